The molecule has 4 nitrogen and oxygen atoms in total. The average Bonchev–Trinajstić information content (AvgIpc) is 2.67. The van der Waals surface area contributed by atoms with Crippen LogP contribution >= 0.6 is 0 Å². The SMILES string of the molecule is Cc1nn(C)cc1NC(C)CCc1ccc(O)cc1. The van der Waals surface area contributed by atoms with Gasteiger partial charge in [0.15, 0.2) is 0 Å². The molecule has 2 rings (SSSR count). The summed E-state index contributed by atoms with van der Waals surface area (Å²) in [6, 6.07) is 7.79. The van der Waals surface area contributed by atoms with Crippen molar-refractivity contribution in [1.29, 1.82) is 0 Å². The monoisotopic (exact) mass is 259 g/mol. The molecule has 1 heterocycles. The zero-order chi connectivity index (χ0) is 13.8. The Morgan fingerprint density at radius 2 is 2.00 bits per heavy atom. The molecule has 0 bridgehead atoms. The Bertz CT molecular complexity index is 531. The van der Waals surface area contributed by atoms with Crippen LogP contribution in [0.4, 0.5) is 5.69 Å². The van der Waals surface area contributed by atoms with Crippen LogP contribution in [-0.2, 0) is 13.5 Å². The highest BCUT2D eigenvalue weighted by molar-refractivity contribution is 5.46. The van der Waals surface area contributed by atoms with Crippen LogP contribution in [0.1, 0.15) is 24.6 Å². The van der Waals surface area contributed by atoms with Gasteiger partial charge in [-0.1, -0.05) is 12.1 Å². The van der Waals surface area contributed by atoms with Crippen molar-refractivity contribution in [3.05, 3.63) is 41.7 Å². The second kappa shape index (κ2) is 5.78. The lowest BCUT2D eigenvalue weighted by molar-refractivity contribution is 0.475. The van der Waals surface area contributed by atoms with E-state index in [1.54, 1.807) is 12.1 Å². The minimum Gasteiger partial charge on any atom is -0.508 e. The Balaban J connectivity index is 1.86. The first-order valence-electron chi connectivity index (χ1n) is 6.59. The Morgan fingerprint density at radius 3 is 2.58 bits per heavy atom. The topological polar surface area (TPSA) is 50.1 Å². The second-order valence-corrected chi connectivity index (χ2v) is 5.05. The molecule has 1 unspecified atom stereocenters. The number of aromatic nitrogens is 2. The molecular formula is C15H21N3O. The number of hydrogen-bond donors (Lipinski definition) is 2. The first kappa shape index (κ1) is 13.5. The van der Waals surface area contributed by atoms with Crippen LogP contribution in [0.3, 0.4) is 0 Å². The molecule has 102 valence electrons. The molecule has 0 fully saturated rings. The average molecular weight is 259 g/mol. The summed E-state index contributed by atoms with van der Waals surface area (Å²) in [5.41, 5.74) is 3.37. The summed E-state index contributed by atoms with van der Waals surface area (Å²) in [7, 11) is 1.93. The maximum Gasteiger partial charge on any atom is 0.115 e. The van der Waals surface area contributed by atoms with E-state index in [2.05, 4.69) is 17.3 Å². The van der Waals surface area contributed by atoms with E-state index in [4.69, 9.17) is 0 Å². The van der Waals surface area contributed by atoms with Crippen molar-refractivity contribution in [3.8, 4) is 5.75 Å². The summed E-state index contributed by atoms with van der Waals surface area (Å²) in [5, 5.41) is 17.0. The van der Waals surface area contributed by atoms with Crippen LogP contribution in [0.15, 0.2) is 30.5 Å². The quantitative estimate of drug-likeness (QED) is 0.868. The molecule has 0 aliphatic rings. The van der Waals surface area contributed by atoms with Crippen LogP contribution in [0.5, 0.6) is 5.75 Å². The number of phenols is 1. The van der Waals surface area contributed by atoms with Crippen molar-refractivity contribution < 1.29 is 5.11 Å². The van der Waals surface area contributed by atoms with E-state index < -0.39 is 0 Å². The van der Waals surface area contributed by atoms with Gasteiger partial charge in [-0.2, -0.15) is 5.10 Å². The summed E-state index contributed by atoms with van der Waals surface area (Å²) in [5.74, 6) is 0.320. The van der Waals surface area contributed by atoms with E-state index >= 15 is 0 Å². The standard InChI is InChI=1S/C15H21N3O/c1-11(16-15-10-18(3)17-12(15)2)4-5-13-6-8-14(19)9-7-13/h6-11,16,19H,4-5H2,1-3H3. The summed E-state index contributed by atoms with van der Waals surface area (Å²) in [6.07, 6.45) is 4.04. The van der Waals surface area contributed by atoms with Gasteiger partial charge in [0.2, 0.25) is 0 Å². The lowest BCUT2D eigenvalue weighted by Gasteiger charge is -2.14. The number of rotatable bonds is 5. The van der Waals surface area contributed by atoms with Crippen molar-refractivity contribution in [1.82, 2.24) is 9.78 Å². The minimum atomic E-state index is 0.320. The second-order valence-electron chi connectivity index (χ2n) is 5.05. The van der Waals surface area contributed by atoms with Gasteiger partial charge in [0.05, 0.1) is 11.4 Å². The van der Waals surface area contributed by atoms with Gasteiger partial charge in [-0.05, 0) is 44.4 Å². The van der Waals surface area contributed by atoms with E-state index in [1.807, 2.05) is 37.0 Å². The number of anilines is 1. The van der Waals surface area contributed by atoms with E-state index in [1.165, 1.54) is 5.56 Å². The molecule has 0 saturated heterocycles. The Morgan fingerprint density at radius 1 is 1.32 bits per heavy atom. The highest BCUT2D eigenvalue weighted by atomic mass is 16.3. The van der Waals surface area contributed by atoms with Crippen molar-refractivity contribution >= 4 is 5.69 Å². The van der Waals surface area contributed by atoms with Crippen LogP contribution in [0.2, 0.25) is 0 Å². The number of nitrogens with zero attached hydrogens (tertiary/aromatic N) is 2. The van der Waals surface area contributed by atoms with Gasteiger partial charge in [0.1, 0.15) is 5.75 Å². The van der Waals surface area contributed by atoms with E-state index in [-0.39, 0.29) is 0 Å². The highest BCUT2D eigenvalue weighted by Gasteiger charge is 2.07. The molecule has 0 radical (unpaired) electrons. The van der Waals surface area contributed by atoms with Crippen molar-refractivity contribution in [2.75, 3.05) is 5.32 Å². The fourth-order valence-electron chi connectivity index (χ4n) is 2.12. The normalized spacial score (nSPS) is 12.4. The van der Waals surface area contributed by atoms with Gasteiger partial charge >= 0.3 is 0 Å². The lowest BCUT2D eigenvalue weighted by Crippen LogP contribution is -2.16. The number of hydrogen-bond acceptors (Lipinski definition) is 3. The number of benzene rings is 1. The van der Waals surface area contributed by atoms with Gasteiger partial charge in [-0.15, -0.1) is 0 Å². The molecule has 0 aliphatic heterocycles. The highest BCUT2D eigenvalue weighted by Crippen LogP contribution is 2.16. The number of aromatic hydroxyl groups is 1. The molecule has 0 aliphatic carbocycles. The van der Waals surface area contributed by atoms with Crippen molar-refractivity contribution in [3.63, 3.8) is 0 Å². The zero-order valence-corrected chi connectivity index (χ0v) is 11.7. The molecule has 1 aromatic carbocycles. The van der Waals surface area contributed by atoms with Crippen LogP contribution < -0.4 is 5.32 Å². The molecule has 2 aromatic rings. The largest absolute Gasteiger partial charge is 0.508 e. The summed E-state index contributed by atoms with van der Waals surface area (Å²) >= 11 is 0. The molecule has 1 aromatic heterocycles. The van der Waals surface area contributed by atoms with Gasteiger partial charge in [0, 0.05) is 19.3 Å². The maximum atomic E-state index is 9.24. The lowest BCUT2D eigenvalue weighted by atomic mass is 10.1. The molecule has 0 spiro atoms. The molecule has 4 heteroatoms. The minimum absolute atomic E-state index is 0.320. The predicted molar refractivity (Wildman–Crippen MR) is 77.5 cm³/mol. The van der Waals surface area contributed by atoms with Gasteiger partial charge < -0.3 is 10.4 Å². The summed E-state index contributed by atoms with van der Waals surface area (Å²) in [4.78, 5) is 0. The van der Waals surface area contributed by atoms with Crippen molar-refractivity contribution in [2.24, 2.45) is 7.05 Å². The summed E-state index contributed by atoms with van der Waals surface area (Å²) < 4.78 is 1.82. The van der Waals surface area contributed by atoms with Crippen LogP contribution in [0.25, 0.3) is 0 Å². The van der Waals surface area contributed by atoms with Gasteiger partial charge in [-0.3, -0.25) is 4.68 Å². The number of phenolic OH excluding ortho intramolecular Hbond substituents is 1. The fourth-order valence-corrected chi connectivity index (χ4v) is 2.12. The predicted octanol–water partition coefficient (Wildman–Crippen LogP) is 2.87. The zero-order valence-electron chi connectivity index (χ0n) is 11.7. The smallest absolute Gasteiger partial charge is 0.115 e. The van der Waals surface area contributed by atoms with Gasteiger partial charge in [-0.25, -0.2) is 0 Å². The Kier molecular flexibility index (Phi) is 4.10. The third-order valence-electron chi connectivity index (χ3n) is 3.22. The van der Waals surface area contributed by atoms with E-state index in [0.29, 0.717) is 11.8 Å². The summed E-state index contributed by atoms with van der Waals surface area (Å²) in [6.45, 7) is 4.18. The molecular weight excluding hydrogens is 238 g/mol. The molecule has 0 saturated carbocycles. The Hall–Kier alpha value is -1.97. The van der Waals surface area contributed by atoms with Gasteiger partial charge in [0.25, 0.3) is 0 Å². The maximum absolute atomic E-state index is 9.24. The molecule has 19 heavy (non-hydrogen) atoms. The van der Waals surface area contributed by atoms with Crippen molar-refractivity contribution in [2.45, 2.75) is 32.7 Å². The fraction of sp³-hybridized carbons (Fsp3) is 0.400. The third-order valence-corrected chi connectivity index (χ3v) is 3.22. The van der Waals surface area contributed by atoms with Crippen LogP contribution in [-0.4, -0.2) is 20.9 Å². The number of nitrogens with one attached hydrogen (secondary N) is 1. The first-order valence-corrected chi connectivity index (χ1v) is 6.59. The first-order chi connectivity index (χ1) is 9.04. The third kappa shape index (κ3) is 3.74. The molecule has 1 atom stereocenters. The molecule has 0 amide bonds. The molecule has 2 N–H and O–H groups in total. The van der Waals surface area contributed by atoms with E-state index in [9.17, 15) is 5.11 Å². The van der Waals surface area contributed by atoms with E-state index in [0.717, 1.165) is 24.2 Å². The Labute approximate surface area is 114 Å². The number of aryl methyl sites for hydroxylation is 3. The van der Waals surface area contributed by atoms with Crippen LogP contribution in [0, 0.1) is 6.92 Å².